The van der Waals surface area contributed by atoms with Crippen molar-refractivity contribution in [2.24, 2.45) is 0 Å². The van der Waals surface area contributed by atoms with Gasteiger partial charge in [0, 0.05) is 34.8 Å². The lowest BCUT2D eigenvalue weighted by Crippen LogP contribution is -2.31. The fourth-order valence-corrected chi connectivity index (χ4v) is 2.72. The second kappa shape index (κ2) is 7.31. The van der Waals surface area contributed by atoms with Gasteiger partial charge in [-0.15, -0.1) is 11.3 Å². The van der Waals surface area contributed by atoms with Crippen LogP contribution in [0.4, 0.5) is 19.3 Å². The van der Waals surface area contributed by atoms with E-state index in [2.05, 4.69) is 15.6 Å². The molecule has 118 valence electrons. The Kier molecular flexibility index (Phi) is 5.43. The van der Waals surface area contributed by atoms with E-state index in [0.717, 1.165) is 10.7 Å². The number of nitrogens with one attached hydrogen (secondary N) is 2. The maximum atomic E-state index is 12.6. The molecule has 1 aromatic heterocycles. The molecule has 0 spiro atoms. The highest BCUT2D eigenvalue weighted by molar-refractivity contribution is 7.09. The number of rotatable bonds is 5. The average Bonchev–Trinajstić information content (AvgIpc) is 2.91. The van der Waals surface area contributed by atoms with E-state index in [1.165, 1.54) is 18.2 Å². The monoisotopic (exact) mass is 325 g/mol. The lowest BCUT2D eigenvalue weighted by atomic mass is 10.2. The van der Waals surface area contributed by atoms with Crippen LogP contribution in [0.5, 0.6) is 0 Å². The van der Waals surface area contributed by atoms with Crippen molar-refractivity contribution in [3.8, 4) is 0 Å². The summed E-state index contributed by atoms with van der Waals surface area (Å²) in [6.07, 6.45) is -2.56. The average molecular weight is 325 g/mol. The number of carbonyl (C=O) groups is 1. The van der Waals surface area contributed by atoms with E-state index in [1.807, 2.05) is 19.2 Å². The van der Waals surface area contributed by atoms with Gasteiger partial charge in [0.25, 0.3) is 6.43 Å². The molecule has 0 aliphatic heterocycles. The Bertz CT molecular complexity index is 645. The van der Waals surface area contributed by atoms with Crippen LogP contribution in [0.1, 0.15) is 35.5 Å². The number of benzene rings is 1. The number of anilines is 1. The number of hydrogen-bond donors (Lipinski definition) is 2. The Morgan fingerprint density at radius 3 is 2.82 bits per heavy atom. The first-order valence-electron chi connectivity index (χ1n) is 6.80. The molecule has 1 aromatic carbocycles. The third-order valence-electron chi connectivity index (χ3n) is 3.02. The van der Waals surface area contributed by atoms with Crippen LogP contribution in [-0.2, 0) is 0 Å². The fourth-order valence-electron chi connectivity index (χ4n) is 1.86. The second-order valence-electron chi connectivity index (χ2n) is 4.99. The molecular weight excluding hydrogens is 308 g/mol. The minimum absolute atomic E-state index is 0.0943. The molecule has 0 saturated carbocycles. The predicted molar refractivity (Wildman–Crippen MR) is 83.7 cm³/mol. The Morgan fingerprint density at radius 2 is 2.18 bits per heavy atom. The van der Waals surface area contributed by atoms with Crippen molar-refractivity contribution in [2.45, 2.75) is 26.2 Å². The number of thiazole rings is 1. The highest BCUT2D eigenvalue weighted by Gasteiger charge is 2.12. The first-order chi connectivity index (χ1) is 10.5. The van der Waals surface area contributed by atoms with Gasteiger partial charge in [0.05, 0.1) is 5.01 Å². The van der Waals surface area contributed by atoms with Crippen LogP contribution in [-0.4, -0.2) is 17.6 Å². The topological polar surface area (TPSA) is 54.0 Å². The molecule has 0 radical (unpaired) electrons. The van der Waals surface area contributed by atoms with Gasteiger partial charge in [-0.25, -0.2) is 18.6 Å². The lowest BCUT2D eigenvalue weighted by Gasteiger charge is -2.12. The number of amides is 2. The van der Waals surface area contributed by atoms with Crippen LogP contribution in [0, 0.1) is 6.92 Å². The molecule has 0 saturated heterocycles. The van der Waals surface area contributed by atoms with Gasteiger partial charge in [0.1, 0.15) is 0 Å². The van der Waals surface area contributed by atoms with Gasteiger partial charge in [-0.3, -0.25) is 0 Å². The molecule has 2 amide bonds. The molecule has 0 aliphatic carbocycles. The van der Waals surface area contributed by atoms with E-state index < -0.39 is 12.5 Å². The maximum Gasteiger partial charge on any atom is 0.319 e. The summed E-state index contributed by atoms with van der Waals surface area (Å²) < 4.78 is 25.2. The molecule has 2 aromatic rings. The summed E-state index contributed by atoms with van der Waals surface area (Å²) in [5.74, 6) is 0.0943. The number of hydrogen-bond acceptors (Lipinski definition) is 3. The largest absolute Gasteiger partial charge is 0.337 e. The van der Waals surface area contributed by atoms with E-state index in [-0.39, 0.29) is 11.5 Å². The van der Waals surface area contributed by atoms with Gasteiger partial charge in [-0.1, -0.05) is 19.1 Å². The van der Waals surface area contributed by atoms with Crippen LogP contribution < -0.4 is 10.6 Å². The van der Waals surface area contributed by atoms with Gasteiger partial charge in [-0.05, 0) is 19.1 Å². The molecule has 22 heavy (non-hydrogen) atoms. The Balaban J connectivity index is 1.86. The van der Waals surface area contributed by atoms with Gasteiger partial charge in [0.2, 0.25) is 0 Å². The summed E-state index contributed by atoms with van der Waals surface area (Å²) in [7, 11) is 0. The molecule has 4 nitrogen and oxygen atoms in total. The fraction of sp³-hybridized carbons (Fsp3) is 0.333. The zero-order valence-corrected chi connectivity index (χ0v) is 13.1. The normalized spacial score (nSPS) is 12.2. The van der Waals surface area contributed by atoms with Gasteiger partial charge >= 0.3 is 6.03 Å². The van der Waals surface area contributed by atoms with Crippen LogP contribution in [0.15, 0.2) is 29.6 Å². The van der Waals surface area contributed by atoms with Crippen LogP contribution >= 0.6 is 11.3 Å². The van der Waals surface area contributed by atoms with Crippen molar-refractivity contribution in [1.29, 1.82) is 0 Å². The van der Waals surface area contributed by atoms with Gasteiger partial charge < -0.3 is 10.6 Å². The number of aromatic nitrogens is 1. The summed E-state index contributed by atoms with van der Waals surface area (Å²) >= 11 is 1.55. The van der Waals surface area contributed by atoms with Gasteiger partial charge in [-0.2, -0.15) is 0 Å². The van der Waals surface area contributed by atoms with Crippen molar-refractivity contribution in [3.05, 3.63) is 45.9 Å². The highest BCUT2D eigenvalue weighted by atomic mass is 32.1. The molecular formula is C15H17F2N3OS. The molecule has 1 unspecified atom stereocenters. The molecule has 0 aliphatic rings. The SMILES string of the molecule is Cc1csc(C(C)CNC(=O)Nc2cccc(C(F)F)c2)n1. The number of urea groups is 1. The van der Waals surface area contributed by atoms with Crippen molar-refractivity contribution >= 4 is 23.1 Å². The van der Waals surface area contributed by atoms with E-state index in [0.29, 0.717) is 12.2 Å². The minimum atomic E-state index is -2.56. The molecule has 2 rings (SSSR count). The molecule has 7 heteroatoms. The zero-order valence-electron chi connectivity index (χ0n) is 12.3. The second-order valence-corrected chi connectivity index (χ2v) is 5.88. The number of halogens is 2. The molecule has 2 N–H and O–H groups in total. The summed E-state index contributed by atoms with van der Waals surface area (Å²) in [5, 5.41) is 8.18. The molecule has 0 bridgehead atoms. The Morgan fingerprint density at radius 1 is 1.41 bits per heavy atom. The predicted octanol–water partition coefficient (Wildman–Crippen LogP) is 4.31. The standard InChI is InChI=1S/C15H17F2N3OS/c1-9(14-19-10(2)8-22-14)7-18-15(21)20-12-5-3-4-11(6-12)13(16)17/h3-6,8-9,13H,7H2,1-2H3,(H2,18,20,21). The summed E-state index contributed by atoms with van der Waals surface area (Å²) in [4.78, 5) is 16.2. The summed E-state index contributed by atoms with van der Waals surface area (Å²) in [6.45, 7) is 4.31. The highest BCUT2D eigenvalue weighted by Crippen LogP contribution is 2.22. The van der Waals surface area contributed by atoms with E-state index >= 15 is 0 Å². The maximum absolute atomic E-state index is 12.6. The number of aryl methyl sites for hydroxylation is 1. The molecule has 1 atom stereocenters. The summed E-state index contributed by atoms with van der Waals surface area (Å²) in [5.41, 5.74) is 1.18. The lowest BCUT2D eigenvalue weighted by molar-refractivity contribution is 0.151. The van der Waals surface area contributed by atoms with Crippen LogP contribution in [0.2, 0.25) is 0 Å². The first kappa shape index (κ1) is 16.4. The third-order valence-corrected chi connectivity index (χ3v) is 4.22. The molecule has 1 heterocycles. The van der Waals surface area contributed by atoms with E-state index in [9.17, 15) is 13.6 Å². The smallest absolute Gasteiger partial charge is 0.319 e. The minimum Gasteiger partial charge on any atom is -0.337 e. The number of alkyl halides is 2. The molecule has 0 fully saturated rings. The van der Waals surface area contributed by atoms with Crippen molar-refractivity contribution in [1.82, 2.24) is 10.3 Å². The zero-order chi connectivity index (χ0) is 16.1. The van der Waals surface area contributed by atoms with E-state index in [1.54, 1.807) is 17.4 Å². The van der Waals surface area contributed by atoms with Crippen molar-refractivity contribution in [2.75, 3.05) is 11.9 Å². The van der Waals surface area contributed by atoms with Gasteiger partial charge in [0.15, 0.2) is 0 Å². The number of carbonyl (C=O) groups excluding carboxylic acids is 1. The quantitative estimate of drug-likeness (QED) is 0.860. The van der Waals surface area contributed by atoms with Crippen molar-refractivity contribution in [3.63, 3.8) is 0 Å². The summed E-state index contributed by atoms with van der Waals surface area (Å²) in [6, 6.07) is 5.21. The van der Waals surface area contributed by atoms with Crippen LogP contribution in [0.25, 0.3) is 0 Å². The third kappa shape index (κ3) is 4.49. The van der Waals surface area contributed by atoms with Crippen LogP contribution in [0.3, 0.4) is 0 Å². The Labute approximate surface area is 131 Å². The van der Waals surface area contributed by atoms with Crippen molar-refractivity contribution < 1.29 is 13.6 Å². The number of nitrogens with zero attached hydrogens (tertiary/aromatic N) is 1. The Hall–Kier alpha value is -2.02. The first-order valence-corrected chi connectivity index (χ1v) is 7.68. The van der Waals surface area contributed by atoms with E-state index in [4.69, 9.17) is 0 Å².